The Morgan fingerprint density at radius 3 is 3.00 bits per heavy atom. The lowest BCUT2D eigenvalue weighted by Crippen LogP contribution is -2.49. The molecule has 2 nitrogen and oxygen atoms in total. The lowest BCUT2D eigenvalue weighted by molar-refractivity contribution is 0.203. The van der Waals surface area contributed by atoms with Crippen molar-refractivity contribution in [1.82, 2.24) is 10.2 Å². The van der Waals surface area contributed by atoms with Gasteiger partial charge in [-0.15, -0.1) is 0 Å². The first-order valence-corrected chi connectivity index (χ1v) is 3.49. The second kappa shape index (κ2) is 3.23. The SMILES string of the molecule is [B]CN1CCNC[C@H]1C. The van der Waals surface area contributed by atoms with Crippen LogP contribution in [0.5, 0.6) is 0 Å². The van der Waals surface area contributed by atoms with E-state index in [1.54, 1.807) is 0 Å². The van der Waals surface area contributed by atoms with E-state index in [0.29, 0.717) is 12.5 Å². The summed E-state index contributed by atoms with van der Waals surface area (Å²) in [5, 5.41) is 3.30. The average molecular weight is 124 g/mol. The minimum Gasteiger partial charge on any atom is -0.314 e. The highest BCUT2D eigenvalue weighted by molar-refractivity contribution is 6.08. The highest BCUT2D eigenvalue weighted by Gasteiger charge is 2.14. The summed E-state index contributed by atoms with van der Waals surface area (Å²) in [6.07, 6.45) is 0.697. The number of hydrogen-bond donors (Lipinski definition) is 1. The number of hydrogen-bond acceptors (Lipinski definition) is 2. The summed E-state index contributed by atoms with van der Waals surface area (Å²) >= 11 is 0. The van der Waals surface area contributed by atoms with E-state index in [-0.39, 0.29) is 0 Å². The van der Waals surface area contributed by atoms with E-state index in [1.165, 1.54) is 0 Å². The normalized spacial score (nSPS) is 30.6. The molecule has 1 aliphatic heterocycles. The molecular weight excluding hydrogens is 111 g/mol. The Morgan fingerprint density at radius 2 is 2.56 bits per heavy atom. The highest BCUT2D eigenvalue weighted by Crippen LogP contribution is 1.98. The second-order valence-electron chi connectivity index (χ2n) is 2.55. The summed E-state index contributed by atoms with van der Waals surface area (Å²) in [5.74, 6) is 0. The van der Waals surface area contributed by atoms with E-state index < -0.39 is 0 Å². The molecule has 9 heavy (non-hydrogen) atoms. The predicted molar refractivity (Wildman–Crippen MR) is 39.7 cm³/mol. The molecule has 1 atom stereocenters. The molecule has 0 bridgehead atoms. The van der Waals surface area contributed by atoms with Crippen LogP contribution in [-0.2, 0) is 0 Å². The molecule has 2 radical (unpaired) electrons. The molecular formula is C6H13BN2. The van der Waals surface area contributed by atoms with Crippen molar-refractivity contribution in [2.24, 2.45) is 0 Å². The molecule has 0 aromatic carbocycles. The third-order valence-electron chi connectivity index (χ3n) is 1.87. The Hall–Kier alpha value is -0.0151. The standard InChI is InChI=1S/C6H13BN2/c1-6-4-8-2-3-9(6)5-7/h6,8H,2-5H2,1H3/t6-/m1/s1. The maximum Gasteiger partial charge on any atom is 0.0863 e. The van der Waals surface area contributed by atoms with E-state index in [1.807, 2.05) is 0 Å². The topological polar surface area (TPSA) is 15.3 Å². The van der Waals surface area contributed by atoms with Crippen LogP contribution in [0.3, 0.4) is 0 Å². The van der Waals surface area contributed by atoms with Crippen LogP contribution in [0.1, 0.15) is 6.92 Å². The number of piperazine rings is 1. The molecule has 0 aromatic rings. The lowest BCUT2D eigenvalue weighted by Gasteiger charge is -2.32. The van der Waals surface area contributed by atoms with Crippen molar-refractivity contribution in [1.29, 1.82) is 0 Å². The fourth-order valence-corrected chi connectivity index (χ4v) is 1.15. The summed E-state index contributed by atoms with van der Waals surface area (Å²) in [7, 11) is 5.49. The van der Waals surface area contributed by atoms with Gasteiger partial charge in [0, 0.05) is 25.7 Å². The van der Waals surface area contributed by atoms with Gasteiger partial charge in [0.15, 0.2) is 0 Å². The maximum absolute atomic E-state index is 5.49. The molecule has 3 heteroatoms. The molecule has 1 aliphatic rings. The first-order valence-electron chi connectivity index (χ1n) is 3.49. The predicted octanol–water partition coefficient (Wildman–Crippen LogP) is -0.594. The zero-order valence-electron chi connectivity index (χ0n) is 5.93. The molecule has 0 saturated carbocycles. The molecule has 1 N–H and O–H groups in total. The summed E-state index contributed by atoms with van der Waals surface area (Å²) in [4.78, 5) is 2.27. The molecule has 1 heterocycles. The summed E-state index contributed by atoms with van der Waals surface area (Å²) < 4.78 is 0. The van der Waals surface area contributed by atoms with E-state index in [4.69, 9.17) is 7.85 Å². The molecule has 0 amide bonds. The van der Waals surface area contributed by atoms with Crippen LogP contribution in [0.4, 0.5) is 0 Å². The molecule has 1 rings (SSSR count). The van der Waals surface area contributed by atoms with Gasteiger partial charge in [-0.3, -0.25) is 0 Å². The van der Waals surface area contributed by atoms with E-state index in [9.17, 15) is 0 Å². The average Bonchev–Trinajstić information content (AvgIpc) is 1.89. The number of nitrogens with one attached hydrogen (secondary N) is 1. The third kappa shape index (κ3) is 1.70. The van der Waals surface area contributed by atoms with Crippen LogP contribution >= 0.6 is 0 Å². The van der Waals surface area contributed by atoms with Crippen molar-refractivity contribution in [3.05, 3.63) is 0 Å². The van der Waals surface area contributed by atoms with Gasteiger partial charge in [0.2, 0.25) is 0 Å². The minimum atomic E-state index is 0.615. The summed E-state index contributed by atoms with van der Waals surface area (Å²) in [6.45, 7) is 5.45. The molecule has 0 aliphatic carbocycles. The van der Waals surface area contributed by atoms with Gasteiger partial charge in [0.25, 0.3) is 0 Å². The van der Waals surface area contributed by atoms with Crippen LogP contribution in [0.2, 0.25) is 0 Å². The van der Waals surface area contributed by atoms with Crippen molar-refractivity contribution in [2.45, 2.75) is 13.0 Å². The zero-order valence-corrected chi connectivity index (χ0v) is 5.93. The van der Waals surface area contributed by atoms with Crippen molar-refractivity contribution in [3.63, 3.8) is 0 Å². The van der Waals surface area contributed by atoms with E-state index in [2.05, 4.69) is 17.1 Å². The molecule has 1 saturated heterocycles. The van der Waals surface area contributed by atoms with Crippen molar-refractivity contribution in [2.75, 3.05) is 26.1 Å². The minimum absolute atomic E-state index is 0.615. The van der Waals surface area contributed by atoms with Gasteiger partial charge in [-0.2, -0.15) is 0 Å². The molecule has 0 unspecified atom stereocenters. The Bertz CT molecular complexity index is 87.1. The Labute approximate surface area is 58.0 Å². The van der Waals surface area contributed by atoms with Crippen LogP contribution in [0.25, 0.3) is 0 Å². The van der Waals surface area contributed by atoms with Gasteiger partial charge in [-0.1, -0.05) is 0 Å². The molecule has 0 spiro atoms. The Morgan fingerprint density at radius 1 is 1.78 bits per heavy atom. The van der Waals surface area contributed by atoms with Crippen molar-refractivity contribution >= 4 is 7.85 Å². The quantitative estimate of drug-likeness (QED) is 0.470. The molecule has 1 fully saturated rings. The van der Waals surface area contributed by atoms with Gasteiger partial charge in [-0.05, 0) is 13.4 Å². The fourth-order valence-electron chi connectivity index (χ4n) is 1.15. The van der Waals surface area contributed by atoms with Gasteiger partial charge in [-0.25, -0.2) is 0 Å². The zero-order chi connectivity index (χ0) is 6.69. The molecule has 0 aromatic heterocycles. The van der Waals surface area contributed by atoms with Gasteiger partial charge in [0.1, 0.15) is 0 Å². The lowest BCUT2D eigenvalue weighted by atomic mass is 10.1. The first-order chi connectivity index (χ1) is 4.34. The first kappa shape index (κ1) is 7.10. The Kier molecular flexibility index (Phi) is 2.55. The highest BCUT2D eigenvalue weighted by atomic mass is 15.2. The van der Waals surface area contributed by atoms with E-state index >= 15 is 0 Å². The van der Waals surface area contributed by atoms with Crippen LogP contribution in [0, 0.1) is 0 Å². The smallest absolute Gasteiger partial charge is 0.0863 e. The second-order valence-corrected chi connectivity index (χ2v) is 2.55. The van der Waals surface area contributed by atoms with Gasteiger partial charge in [0.05, 0.1) is 7.85 Å². The van der Waals surface area contributed by atoms with E-state index in [0.717, 1.165) is 19.6 Å². The van der Waals surface area contributed by atoms with Crippen LogP contribution in [-0.4, -0.2) is 44.9 Å². The van der Waals surface area contributed by atoms with Gasteiger partial charge >= 0.3 is 0 Å². The number of nitrogens with zero attached hydrogens (tertiary/aromatic N) is 1. The summed E-state index contributed by atoms with van der Waals surface area (Å²) in [5.41, 5.74) is 0. The maximum atomic E-state index is 5.49. The molecule has 50 valence electrons. The summed E-state index contributed by atoms with van der Waals surface area (Å²) in [6, 6.07) is 0.615. The fraction of sp³-hybridized carbons (Fsp3) is 1.00. The van der Waals surface area contributed by atoms with Crippen LogP contribution in [0.15, 0.2) is 0 Å². The van der Waals surface area contributed by atoms with Crippen molar-refractivity contribution in [3.8, 4) is 0 Å². The third-order valence-corrected chi connectivity index (χ3v) is 1.87. The Balaban J connectivity index is 2.30. The monoisotopic (exact) mass is 124 g/mol. The van der Waals surface area contributed by atoms with Gasteiger partial charge < -0.3 is 10.2 Å². The number of rotatable bonds is 1. The largest absolute Gasteiger partial charge is 0.314 e. The van der Waals surface area contributed by atoms with Crippen molar-refractivity contribution < 1.29 is 0 Å². The van der Waals surface area contributed by atoms with Crippen LogP contribution < -0.4 is 5.32 Å².